The molecule has 2 aromatic heterocycles. The number of nitrogens with zero attached hydrogens (tertiary/aromatic N) is 7. The van der Waals surface area contributed by atoms with Crippen LogP contribution in [0.15, 0.2) is 91.1 Å². The van der Waals surface area contributed by atoms with E-state index < -0.39 is 10.0 Å². The van der Waals surface area contributed by atoms with E-state index in [4.69, 9.17) is 28.3 Å². The lowest BCUT2D eigenvalue weighted by atomic mass is 10.0. The maximum Gasteiger partial charge on any atom is 0.211 e. The summed E-state index contributed by atoms with van der Waals surface area (Å²) >= 11 is 12.7. The number of pyridine rings is 1. The van der Waals surface area contributed by atoms with Crippen LogP contribution in [0.2, 0.25) is 10.0 Å². The van der Waals surface area contributed by atoms with E-state index in [1.165, 1.54) is 17.4 Å². The first-order chi connectivity index (χ1) is 26.1. The van der Waals surface area contributed by atoms with Gasteiger partial charge in [0.05, 0.1) is 17.0 Å². The van der Waals surface area contributed by atoms with Crippen LogP contribution in [0.5, 0.6) is 0 Å². The standard InChI is InChI=1S/C42H45Cl2N7O2S/c1-47(30-34-12-16-37(43)17-13-34)29-33-9-7-32(8-10-33)11-14-35-28-36(15-18-39(35)44)42-38-31-50(54(2,52)53)23-19-40(38)51(46-42)22-5-21-48-24-26-49(27-25-48)41-6-3-4-20-45-41/h3-4,6-10,12-13,15-18,20,28H,5,19,21-27,29-31H2,1-2H3. The van der Waals surface area contributed by atoms with Crippen LogP contribution in [0.4, 0.5) is 5.82 Å². The van der Waals surface area contributed by atoms with Crippen LogP contribution in [-0.4, -0.2) is 89.9 Å². The van der Waals surface area contributed by atoms with Crippen LogP contribution >= 0.6 is 23.2 Å². The smallest absolute Gasteiger partial charge is 0.211 e. The maximum atomic E-state index is 12.6. The first kappa shape index (κ1) is 38.1. The number of sulfonamides is 1. The Morgan fingerprint density at radius 1 is 0.833 bits per heavy atom. The van der Waals surface area contributed by atoms with Crippen LogP contribution in [0.25, 0.3) is 11.3 Å². The van der Waals surface area contributed by atoms with Crippen molar-refractivity contribution in [3.63, 3.8) is 0 Å². The zero-order chi connectivity index (χ0) is 37.7. The predicted molar refractivity (Wildman–Crippen MR) is 218 cm³/mol. The van der Waals surface area contributed by atoms with Crippen molar-refractivity contribution in [2.24, 2.45) is 0 Å². The fourth-order valence-electron chi connectivity index (χ4n) is 7.22. The lowest BCUT2D eigenvalue weighted by Gasteiger charge is -2.35. The zero-order valence-corrected chi connectivity index (χ0v) is 33.1. The molecule has 280 valence electrons. The molecule has 0 amide bonds. The van der Waals surface area contributed by atoms with E-state index >= 15 is 0 Å². The molecule has 12 heteroatoms. The number of piperazine rings is 1. The lowest BCUT2D eigenvalue weighted by molar-refractivity contribution is 0.248. The molecule has 4 heterocycles. The van der Waals surface area contributed by atoms with Gasteiger partial charge in [-0.25, -0.2) is 13.4 Å². The first-order valence-corrected chi connectivity index (χ1v) is 21.0. The van der Waals surface area contributed by atoms with Gasteiger partial charge in [0.25, 0.3) is 0 Å². The molecule has 1 fully saturated rings. The van der Waals surface area contributed by atoms with E-state index in [-0.39, 0.29) is 0 Å². The Balaban J connectivity index is 1.04. The van der Waals surface area contributed by atoms with Crippen molar-refractivity contribution in [1.29, 1.82) is 0 Å². The molecule has 7 rings (SSSR count). The van der Waals surface area contributed by atoms with Gasteiger partial charge < -0.3 is 4.90 Å². The van der Waals surface area contributed by atoms with Gasteiger partial charge in [0.2, 0.25) is 10.0 Å². The van der Waals surface area contributed by atoms with Gasteiger partial charge in [0.1, 0.15) is 5.82 Å². The Kier molecular flexibility index (Phi) is 12.0. The van der Waals surface area contributed by atoms with Gasteiger partial charge in [-0.1, -0.05) is 71.4 Å². The van der Waals surface area contributed by atoms with Crippen molar-refractivity contribution < 1.29 is 8.42 Å². The van der Waals surface area contributed by atoms with E-state index in [0.29, 0.717) is 30.1 Å². The lowest BCUT2D eigenvalue weighted by Crippen LogP contribution is -2.47. The summed E-state index contributed by atoms with van der Waals surface area (Å²) in [6.07, 6.45) is 4.69. The summed E-state index contributed by atoms with van der Waals surface area (Å²) in [5.41, 5.74) is 7.72. The summed E-state index contributed by atoms with van der Waals surface area (Å²) in [5.74, 6) is 7.61. The molecule has 2 aliphatic heterocycles. The molecule has 0 saturated carbocycles. The highest BCUT2D eigenvalue weighted by Crippen LogP contribution is 2.33. The third kappa shape index (κ3) is 9.53. The average molecular weight is 783 g/mol. The summed E-state index contributed by atoms with van der Waals surface area (Å²) in [6.45, 7) is 7.99. The van der Waals surface area contributed by atoms with Crippen LogP contribution in [-0.2, 0) is 42.6 Å². The van der Waals surface area contributed by atoms with Gasteiger partial charge in [0.15, 0.2) is 0 Å². The van der Waals surface area contributed by atoms with Gasteiger partial charge in [-0.05, 0) is 73.1 Å². The highest BCUT2D eigenvalue weighted by Gasteiger charge is 2.30. The number of anilines is 1. The molecule has 54 heavy (non-hydrogen) atoms. The number of halogens is 2. The Hall–Kier alpha value is -4.21. The largest absolute Gasteiger partial charge is 0.354 e. The monoisotopic (exact) mass is 781 g/mol. The molecule has 5 aromatic rings. The molecule has 0 unspecified atom stereocenters. The van der Waals surface area contributed by atoms with Gasteiger partial charge in [-0.2, -0.15) is 9.40 Å². The van der Waals surface area contributed by atoms with Crippen LogP contribution in [0.3, 0.4) is 0 Å². The number of fused-ring (bicyclic) bond motifs is 1. The molecule has 0 atom stereocenters. The number of hydrogen-bond acceptors (Lipinski definition) is 7. The van der Waals surface area contributed by atoms with E-state index in [2.05, 4.69) is 73.6 Å². The second-order valence-electron chi connectivity index (χ2n) is 14.2. The Bertz CT molecular complexity index is 2230. The fourth-order valence-corrected chi connectivity index (χ4v) is 8.30. The maximum absolute atomic E-state index is 12.6. The number of hydrogen-bond donors (Lipinski definition) is 0. The molecule has 3 aromatic carbocycles. The minimum atomic E-state index is -3.36. The van der Waals surface area contributed by atoms with Crippen molar-refractivity contribution in [2.45, 2.75) is 39.0 Å². The van der Waals surface area contributed by atoms with Crippen LogP contribution < -0.4 is 4.90 Å². The molecule has 2 aliphatic rings. The summed E-state index contributed by atoms with van der Waals surface area (Å²) in [7, 11) is -1.26. The van der Waals surface area contributed by atoms with Crippen LogP contribution in [0.1, 0.15) is 39.9 Å². The second kappa shape index (κ2) is 17.1. The summed E-state index contributed by atoms with van der Waals surface area (Å²) in [6, 6.07) is 28.1. The topological polar surface area (TPSA) is 77.8 Å². The van der Waals surface area contributed by atoms with Crippen molar-refractivity contribution in [3.05, 3.63) is 135 Å². The van der Waals surface area contributed by atoms with Gasteiger partial charge in [0, 0.05) is 111 Å². The first-order valence-electron chi connectivity index (χ1n) is 18.3. The Morgan fingerprint density at radius 2 is 1.56 bits per heavy atom. The molecule has 0 N–H and O–H groups in total. The molecular weight excluding hydrogens is 737 g/mol. The SMILES string of the molecule is CN(Cc1ccc(Cl)cc1)Cc1ccc(C#Cc2cc(-c3nn(CCCN4CCN(c5ccccn5)CC4)c4c3CN(S(C)(=O)=O)CC4)ccc2Cl)cc1. The molecule has 1 saturated heterocycles. The number of aryl methyl sites for hydroxylation is 1. The Labute approximate surface area is 329 Å². The van der Waals surface area contributed by atoms with Crippen molar-refractivity contribution >= 4 is 39.0 Å². The number of benzene rings is 3. The van der Waals surface area contributed by atoms with E-state index in [0.717, 1.165) is 97.7 Å². The Morgan fingerprint density at radius 3 is 2.24 bits per heavy atom. The number of aromatic nitrogens is 3. The predicted octanol–water partition coefficient (Wildman–Crippen LogP) is 6.81. The summed E-state index contributed by atoms with van der Waals surface area (Å²) in [4.78, 5) is 11.6. The van der Waals surface area contributed by atoms with Crippen molar-refractivity contribution in [1.82, 2.24) is 28.9 Å². The fraction of sp³-hybridized carbons (Fsp3) is 0.333. The zero-order valence-electron chi connectivity index (χ0n) is 30.8. The molecule has 9 nitrogen and oxygen atoms in total. The van der Waals surface area contributed by atoms with Gasteiger partial charge >= 0.3 is 0 Å². The highest BCUT2D eigenvalue weighted by molar-refractivity contribution is 7.88. The number of rotatable bonds is 11. The summed E-state index contributed by atoms with van der Waals surface area (Å²) in [5, 5.41) is 6.42. The van der Waals surface area contributed by atoms with E-state index in [9.17, 15) is 8.42 Å². The average Bonchev–Trinajstić information content (AvgIpc) is 3.54. The molecule has 0 bridgehead atoms. The quantitative estimate of drug-likeness (QED) is 0.136. The third-order valence-electron chi connectivity index (χ3n) is 10.1. The summed E-state index contributed by atoms with van der Waals surface area (Å²) < 4.78 is 28.9. The minimum Gasteiger partial charge on any atom is -0.354 e. The molecule has 0 radical (unpaired) electrons. The normalized spacial score (nSPS) is 15.2. The molecule has 0 spiro atoms. The second-order valence-corrected chi connectivity index (χ2v) is 17.0. The van der Waals surface area contributed by atoms with Crippen molar-refractivity contribution in [3.8, 4) is 23.1 Å². The van der Waals surface area contributed by atoms with E-state index in [1.54, 1.807) is 4.31 Å². The molecule has 0 aliphatic carbocycles. The minimum absolute atomic E-state index is 0.295. The van der Waals surface area contributed by atoms with Crippen molar-refractivity contribution in [2.75, 3.05) is 57.5 Å². The van der Waals surface area contributed by atoms with Crippen LogP contribution in [0, 0.1) is 11.8 Å². The molecular formula is C42H45Cl2N7O2S. The highest BCUT2D eigenvalue weighted by atomic mass is 35.5. The van der Waals surface area contributed by atoms with E-state index in [1.807, 2.05) is 60.8 Å². The third-order valence-corrected chi connectivity index (χ3v) is 11.9. The van der Waals surface area contributed by atoms with Gasteiger partial charge in [-0.15, -0.1) is 0 Å². The van der Waals surface area contributed by atoms with Gasteiger partial charge in [-0.3, -0.25) is 14.5 Å².